The van der Waals surface area contributed by atoms with Crippen LogP contribution in [-0.4, -0.2) is 19.2 Å². The van der Waals surface area contributed by atoms with Crippen LogP contribution in [0.1, 0.15) is 12.8 Å². The largest absolute Gasteiger partial charge is 0.426 e. The number of hydrogen-bond donors (Lipinski definition) is 1. The standard InChI is InChI=1S/C12H15NO3/c13-10-1-3-11(4-2-10)16-12(14)9-5-7-15-8-6-9/h1-4,9H,5-8,13H2. The molecule has 0 amide bonds. The molecule has 0 aliphatic carbocycles. The van der Waals surface area contributed by atoms with Crippen molar-refractivity contribution in [1.82, 2.24) is 0 Å². The van der Waals surface area contributed by atoms with Crippen LogP contribution in [0, 0.1) is 5.92 Å². The third-order valence-electron chi connectivity index (χ3n) is 2.65. The van der Waals surface area contributed by atoms with Crippen molar-refractivity contribution < 1.29 is 14.3 Å². The number of carbonyl (C=O) groups excluding carboxylic acids is 1. The van der Waals surface area contributed by atoms with E-state index >= 15 is 0 Å². The molecule has 2 rings (SSSR count). The first-order chi connectivity index (χ1) is 7.75. The van der Waals surface area contributed by atoms with E-state index in [4.69, 9.17) is 15.2 Å². The molecule has 0 bridgehead atoms. The summed E-state index contributed by atoms with van der Waals surface area (Å²) in [7, 11) is 0. The minimum absolute atomic E-state index is 0.0358. The van der Waals surface area contributed by atoms with E-state index < -0.39 is 0 Å². The van der Waals surface area contributed by atoms with Crippen molar-refractivity contribution in [1.29, 1.82) is 0 Å². The Balaban J connectivity index is 1.93. The van der Waals surface area contributed by atoms with Crippen molar-refractivity contribution >= 4 is 11.7 Å². The van der Waals surface area contributed by atoms with Crippen molar-refractivity contribution in [3.8, 4) is 5.75 Å². The number of carbonyl (C=O) groups is 1. The van der Waals surface area contributed by atoms with Gasteiger partial charge < -0.3 is 15.2 Å². The smallest absolute Gasteiger partial charge is 0.314 e. The second-order valence-electron chi connectivity index (χ2n) is 3.88. The number of nitrogens with two attached hydrogens (primary N) is 1. The van der Waals surface area contributed by atoms with Gasteiger partial charge in [0.15, 0.2) is 0 Å². The van der Waals surface area contributed by atoms with Gasteiger partial charge in [-0.05, 0) is 37.1 Å². The molecule has 1 fully saturated rings. The van der Waals surface area contributed by atoms with E-state index in [1.807, 2.05) is 0 Å². The van der Waals surface area contributed by atoms with Crippen molar-refractivity contribution in [2.24, 2.45) is 5.92 Å². The SMILES string of the molecule is Nc1ccc(OC(=O)C2CCOCC2)cc1. The van der Waals surface area contributed by atoms with E-state index in [0.29, 0.717) is 24.7 Å². The average molecular weight is 221 g/mol. The number of esters is 1. The van der Waals surface area contributed by atoms with Crippen LogP contribution in [0.15, 0.2) is 24.3 Å². The summed E-state index contributed by atoms with van der Waals surface area (Å²) in [5.41, 5.74) is 6.20. The van der Waals surface area contributed by atoms with Crippen molar-refractivity contribution in [3.05, 3.63) is 24.3 Å². The van der Waals surface area contributed by atoms with E-state index in [0.717, 1.165) is 12.8 Å². The van der Waals surface area contributed by atoms with Crippen LogP contribution in [0.3, 0.4) is 0 Å². The van der Waals surface area contributed by atoms with Gasteiger partial charge in [0.1, 0.15) is 5.75 Å². The first-order valence-corrected chi connectivity index (χ1v) is 5.40. The lowest BCUT2D eigenvalue weighted by Gasteiger charge is -2.20. The second kappa shape index (κ2) is 4.99. The second-order valence-corrected chi connectivity index (χ2v) is 3.88. The highest BCUT2D eigenvalue weighted by Crippen LogP contribution is 2.19. The molecule has 2 N–H and O–H groups in total. The molecule has 1 heterocycles. The Morgan fingerprint density at radius 3 is 2.50 bits per heavy atom. The summed E-state index contributed by atoms with van der Waals surface area (Å²) < 4.78 is 10.5. The van der Waals surface area contributed by atoms with Crippen LogP contribution < -0.4 is 10.5 Å². The van der Waals surface area contributed by atoms with Gasteiger partial charge in [0, 0.05) is 18.9 Å². The molecular weight excluding hydrogens is 206 g/mol. The van der Waals surface area contributed by atoms with Crippen LogP contribution in [0.4, 0.5) is 5.69 Å². The highest BCUT2D eigenvalue weighted by molar-refractivity contribution is 5.75. The predicted molar refractivity (Wildman–Crippen MR) is 60.0 cm³/mol. The number of ether oxygens (including phenoxy) is 2. The topological polar surface area (TPSA) is 61.5 Å². The summed E-state index contributed by atoms with van der Waals surface area (Å²) in [5.74, 6) is 0.338. The van der Waals surface area contributed by atoms with Gasteiger partial charge in [-0.15, -0.1) is 0 Å². The van der Waals surface area contributed by atoms with Gasteiger partial charge in [-0.25, -0.2) is 0 Å². The van der Waals surface area contributed by atoms with Crippen LogP contribution in [0.2, 0.25) is 0 Å². The minimum atomic E-state index is -0.173. The summed E-state index contributed by atoms with van der Waals surface area (Å²) in [6.45, 7) is 1.28. The summed E-state index contributed by atoms with van der Waals surface area (Å²) in [6.07, 6.45) is 1.49. The van der Waals surface area contributed by atoms with Crippen LogP contribution in [0.5, 0.6) is 5.75 Å². The molecule has 1 aromatic carbocycles. The van der Waals surface area contributed by atoms with E-state index in [9.17, 15) is 4.79 Å². The van der Waals surface area contributed by atoms with Crippen molar-refractivity contribution in [2.45, 2.75) is 12.8 Å². The maximum atomic E-state index is 11.7. The first-order valence-electron chi connectivity index (χ1n) is 5.40. The summed E-state index contributed by atoms with van der Waals surface area (Å²) in [5, 5.41) is 0. The van der Waals surface area contributed by atoms with E-state index in [-0.39, 0.29) is 11.9 Å². The zero-order valence-electron chi connectivity index (χ0n) is 9.02. The Morgan fingerprint density at radius 2 is 1.88 bits per heavy atom. The molecule has 0 spiro atoms. The molecule has 1 aromatic rings. The molecule has 4 nitrogen and oxygen atoms in total. The van der Waals surface area contributed by atoms with Crippen LogP contribution >= 0.6 is 0 Å². The fraction of sp³-hybridized carbons (Fsp3) is 0.417. The Kier molecular flexibility index (Phi) is 3.41. The molecule has 0 radical (unpaired) electrons. The van der Waals surface area contributed by atoms with Gasteiger partial charge in [0.05, 0.1) is 5.92 Å². The number of anilines is 1. The van der Waals surface area contributed by atoms with E-state index in [2.05, 4.69) is 0 Å². The lowest BCUT2D eigenvalue weighted by molar-refractivity contribution is -0.141. The quantitative estimate of drug-likeness (QED) is 0.468. The van der Waals surface area contributed by atoms with Gasteiger partial charge in [-0.1, -0.05) is 0 Å². The normalized spacial score (nSPS) is 17.0. The fourth-order valence-corrected chi connectivity index (χ4v) is 1.67. The molecule has 4 heteroatoms. The third kappa shape index (κ3) is 2.73. The zero-order valence-corrected chi connectivity index (χ0v) is 9.02. The molecule has 1 aliphatic heterocycles. The van der Waals surface area contributed by atoms with Gasteiger partial charge in [-0.2, -0.15) is 0 Å². The lowest BCUT2D eigenvalue weighted by Crippen LogP contribution is -2.27. The molecular formula is C12H15NO3. The number of rotatable bonds is 2. The van der Waals surface area contributed by atoms with Gasteiger partial charge in [-0.3, -0.25) is 4.79 Å². The summed E-state index contributed by atoms with van der Waals surface area (Å²) in [6, 6.07) is 6.83. The van der Waals surface area contributed by atoms with E-state index in [1.165, 1.54) is 0 Å². The fourth-order valence-electron chi connectivity index (χ4n) is 1.67. The monoisotopic (exact) mass is 221 g/mol. The Morgan fingerprint density at radius 1 is 1.25 bits per heavy atom. The molecule has 1 aliphatic rings. The average Bonchev–Trinajstić information content (AvgIpc) is 2.33. The lowest BCUT2D eigenvalue weighted by atomic mass is 10.0. The highest BCUT2D eigenvalue weighted by Gasteiger charge is 2.23. The minimum Gasteiger partial charge on any atom is -0.426 e. The third-order valence-corrected chi connectivity index (χ3v) is 2.65. The summed E-state index contributed by atoms with van der Waals surface area (Å²) >= 11 is 0. The maximum Gasteiger partial charge on any atom is 0.314 e. The van der Waals surface area contributed by atoms with Crippen LogP contribution in [0.25, 0.3) is 0 Å². The maximum absolute atomic E-state index is 11.7. The summed E-state index contributed by atoms with van der Waals surface area (Å²) in [4.78, 5) is 11.7. The molecule has 0 atom stereocenters. The number of hydrogen-bond acceptors (Lipinski definition) is 4. The zero-order chi connectivity index (χ0) is 11.4. The highest BCUT2D eigenvalue weighted by atomic mass is 16.5. The van der Waals surface area contributed by atoms with E-state index in [1.54, 1.807) is 24.3 Å². The molecule has 86 valence electrons. The van der Waals surface area contributed by atoms with Crippen molar-refractivity contribution in [2.75, 3.05) is 18.9 Å². The molecule has 0 aromatic heterocycles. The molecule has 0 saturated carbocycles. The van der Waals surface area contributed by atoms with Crippen molar-refractivity contribution in [3.63, 3.8) is 0 Å². The molecule has 16 heavy (non-hydrogen) atoms. The Labute approximate surface area is 94.3 Å². The number of nitrogen functional groups attached to an aromatic ring is 1. The predicted octanol–water partition coefficient (Wildman–Crippen LogP) is 1.60. The van der Waals surface area contributed by atoms with Gasteiger partial charge in [0.25, 0.3) is 0 Å². The number of benzene rings is 1. The van der Waals surface area contributed by atoms with Crippen LogP contribution in [-0.2, 0) is 9.53 Å². The molecule has 1 saturated heterocycles. The van der Waals surface area contributed by atoms with Gasteiger partial charge >= 0.3 is 5.97 Å². The molecule has 0 unspecified atom stereocenters. The Bertz CT molecular complexity index is 355. The Hall–Kier alpha value is -1.55. The van der Waals surface area contributed by atoms with Gasteiger partial charge in [0.2, 0.25) is 0 Å². The first kappa shape index (κ1) is 11.0.